The third-order valence-corrected chi connectivity index (χ3v) is 3.25. The van der Waals surface area contributed by atoms with E-state index in [0.29, 0.717) is 24.7 Å². The molecule has 1 aromatic carbocycles. The topological polar surface area (TPSA) is 30.5 Å². The fourth-order valence-corrected chi connectivity index (χ4v) is 2.00. The van der Waals surface area contributed by atoms with Gasteiger partial charge in [0.1, 0.15) is 12.4 Å². The Kier molecular flexibility index (Phi) is 4.61. The van der Waals surface area contributed by atoms with Crippen LogP contribution in [0.1, 0.15) is 32.3 Å². The van der Waals surface area contributed by atoms with Crippen molar-refractivity contribution in [3.05, 3.63) is 29.8 Å². The quantitative estimate of drug-likeness (QED) is 0.889. The van der Waals surface area contributed by atoms with Crippen molar-refractivity contribution in [2.45, 2.75) is 38.8 Å². The van der Waals surface area contributed by atoms with Crippen molar-refractivity contribution in [2.24, 2.45) is 0 Å². The van der Waals surface area contributed by atoms with E-state index in [1.54, 1.807) is 0 Å². The Morgan fingerprint density at radius 2 is 2.28 bits per heavy atom. The first kappa shape index (κ1) is 13.4. The molecule has 1 fully saturated rings. The number of ether oxygens (including phenoxy) is 2. The van der Waals surface area contributed by atoms with Crippen LogP contribution in [0.5, 0.6) is 5.75 Å². The molecule has 0 spiro atoms. The Hall–Kier alpha value is -1.06. The molecule has 0 saturated carbocycles. The second kappa shape index (κ2) is 6.21. The third-order valence-electron chi connectivity index (χ3n) is 3.25. The van der Waals surface area contributed by atoms with Crippen LogP contribution >= 0.6 is 0 Å². The normalized spacial score (nSPS) is 24.2. The molecule has 3 heteroatoms. The molecule has 3 nitrogen and oxygen atoms in total. The smallest absolute Gasteiger partial charge is 0.119 e. The van der Waals surface area contributed by atoms with Gasteiger partial charge in [0.25, 0.3) is 0 Å². The number of hydrogen-bond acceptors (Lipinski definition) is 3. The molecule has 0 amide bonds. The summed E-state index contributed by atoms with van der Waals surface area (Å²) in [6, 6.07) is 8.62. The summed E-state index contributed by atoms with van der Waals surface area (Å²) >= 11 is 0. The van der Waals surface area contributed by atoms with Gasteiger partial charge in [-0.25, -0.2) is 0 Å². The van der Waals surface area contributed by atoms with Crippen LogP contribution in [0.15, 0.2) is 24.3 Å². The molecule has 1 N–H and O–H groups in total. The van der Waals surface area contributed by atoms with Crippen molar-refractivity contribution in [1.29, 1.82) is 0 Å². The summed E-state index contributed by atoms with van der Waals surface area (Å²) in [6.45, 7) is 8.75. The number of nitrogens with one attached hydrogen (secondary N) is 1. The lowest BCUT2D eigenvalue weighted by Gasteiger charge is -2.28. The van der Waals surface area contributed by atoms with Crippen LogP contribution in [-0.2, 0) is 4.74 Å². The van der Waals surface area contributed by atoms with Gasteiger partial charge in [-0.1, -0.05) is 26.0 Å². The summed E-state index contributed by atoms with van der Waals surface area (Å²) in [4.78, 5) is 0. The minimum Gasteiger partial charge on any atom is -0.492 e. The highest BCUT2D eigenvalue weighted by molar-refractivity contribution is 5.30. The number of hydrogen-bond donors (Lipinski definition) is 1. The molecule has 1 aromatic rings. The number of morpholine rings is 1. The second-order valence-electron chi connectivity index (χ2n) is 5.29. The Labute approximate surface area is 109 Å². The molecule has 1 aliphatic heterocycles. The molecular weight excluding hydrogens is 226 g/mol. The molecule has 0 bridgehead atoms. The van der Waals surface area contributed by atoms with E-state index in [1.807, 2.05) is 6.07 Å². The molecular formula is C15H23NO2. The Morgan fingerprint density at radius 3 is 2.94 bits per heavy atom. The number of benzene rings is 1. The van der Waals surface area contributed by atoms with Crippen LogP contribution in [0.25, 0.3) is 0 Å². The fourth-order valence-electron chi connectivity index (χ4n) is 2.00. The largest absolute Gasteiger partial charge is 0.492 e. The van der Waals surface area contributed by atoms with Gasteiger partial charge < -0.3 is 14.8 Å². The fraction of sp³-hybridized carbons (Fsp3) is 0.600. The predicted molar refractivity (Wildman–Crippen MR) is 73.2 cm³/mol. The van der Waals surface area contributed by atoms with Crippen LogP contribution in [-0.4, -0.2) is 31.9 Å². The average Bonchev–Trinajstić information content (AvgIpc) is 2.38. The standard InChI is InChI=1S/C15H23NO2/c1-11(2)13-5-4-6-15(7-13)18-10-14-9-17-12(3)8-16-14/h4-7,11-12,14,16H,8-10H2,1-3H3. The zero-order valence-electron chi connectivity index (χ0n) is 11.5. The summed E-state index contributed by atoms with van der Waals surface area (Å²) in [5.74, 6) is 1.48. The van der Waals surface area contributed by atoms with Crippen molar-refractivity contribution in [3.63, 3.8) is 0 Å². The SMILES string of the molecule is CC1CNC(COc2cccc(C(C)C)c2)CO1. The van der Waals surface area contributed by atoms with Crippen molar-refractivity contribution >= 4 is 0 Å². The van der Waals surface area contributed by atoms with E-state index in [2.05, 4.69) is 44.3 Å². The van der Waals surface area contributed by atoms with Gasteiger partial charge in [0.15, 0.2) is 0 Å². The van der Waals surface area contributed by atoms with Gasteiger partial charge in [-0.05, 0) is 30.5 Å². The van der Waals surface area contributed by atoms with Crippen LogP contribution in [0.4, 0.5) is 0 Å². The first-order chi connectivity index (χ1) is 8.65. The van der Waals surface area contributed by atoms with Gasteiger partial charge in [0.05, 0.1) is 18.8 Å². The first-order valence-electron chi connectivity index (χ1n) is 6.73. The van der Waals surface area contributed by atoms with Crippen molar-refractivity contribution in [3.8, 4) is 5.75 Å². The Balaban J connectivity index is 1.84. The molecule has 100 valence electrons. The summed E-state index contributed by atoms with van der Waals surface area (Å²) in [7, 11) is 0. The lowest BCUT2D eigenvalue weighted by Crippen LogP contribution is -2.48. The second-order valence-corrected chi connectivity index (χ2v) is 5.29. The molecule has 1 saturated heterocycles. The van der Waals surface area contributed by atoms with Crippen molar-refractivity contribution in [2.75, 3.05) is 19.8 Å². The number of rotatable bonds is 4. The predicted octanol–water partition coefficient (Wildman–Crippen LogP) is 2.57. The summed E-state index contributed by atoms with van der Waals surface area (Å²) in [6.07, 6.45) is 0.311. The zero-order valence-corrected chi connectivity index (χ0v) is 11.5. The van der Waals surface area contributed by atoms with E-state index in [0.717, 1.165) is 18.9 Å². The minimum absolute atomic E-state index is 0.295. The molecule has 0 aliphatic carbocycles. The van der Waals surface area contributed by atoms with E-state index >= 15 is 0 Å². The third kappa shape index (κ3) is 3.72. The highest BCUT2D eigenvalue weighted by atomic mass is 16.5. The van der Waals surface area contributed by atoms with E-state index < -0.39 is 0 Å². The first-order valence-corrected chi connectivity index (χ1v) is 6.73. The molecule has 1 aliphatic rings. The highest BCUT2D eigenvalue weighted by Crippen LogP contribution is 2.20. The lowest BCUT2D eigenvalue weighted by molar-refractivity contribution is 0.00456. The van der Waals surface area contributed by atoms with Crippen LogP contribution < -0.4 is 10.1 Å². The Morgan fingerprint density at radius 1 is 1.44 bits per heavy atom. The van der Waals surface area contributed by atoms with Gasteiger partial charge in [0, 0.05) is 6.54 Å². The van der Waals surface area contributed by atoms with Gasteiger partial charge >= 0.3 is 0 Å². The van der Waals surface area contributed by atoms with Gasteiger partial charge in [0.2, 0.25) is 0 Å². The summed E-state index contributed by atoms with van der Waals surface area (Å²) in [5.41, 5.74) is 1.31. The monoisotopic (exact) mass is 249 g/mol. The highest BCUT2D eigenvalue weighted by Gasteiger charge is 2.18. The van der Waals surface area contributed by atoms with Crippen molar-refractivity contribution in [1.82, 2.24) is 5.32 Å². The van der Waals surface area contributed by atoms with Crippen LogP contribution in [0.3, 0.4) is 0 Å². The molecule has 18 heavy (non-hydrogen) atoms. The average molecular weight is 249 g/mol. The molecule has 2 rings (SSSR count). The lowest BCUT2D eigenvalue weighted by atomic mass is 10.0. The van der Waals surface area contributed by atoms with Gasteiger partial charge in [-0.3, -0.25) is 0 Å². The van der Waals surface area contributed by atoms with Gasteiger partial charge in [-0.15, -0.1) is 0 Å². The van der Waals surface area contributed by atoms with E-state index in [1.165, 1.54) is 5.56 Å². The van der Waals surface area contributed by atoms with Crippen LogP contribution in [0, 0.1) is 0 Å². The van der Waals surface area contributed by atoms with E-state index in [9.17, 15) is 0 Å². The summed E-state index contributed by atoms with van der Waals surface area (Å²) < 4.78 is 11.4. The zero-order chi connectivity index (χ0) is 13.0. The molecule has 0 aromatic heterocycles. The van der Waals surface area contributed by atoms with Crippen LogP contribution in [0.2, 0.25) is 0 Å². The molecule has 0 radical (unpaired) electrons. The van der Waals surface area contributed by atoms with Gasteiger partial charge in [-0.2, -0.15) is 0 Å². The minimum atomic E-state index is 0.295. The molecule has 1 heterocycles. The Bertz CT molecular complexity index is 371. The summed E-state index contributed by atoms with van der Waals surface area (Å²) in [5, 5.41) is 3.43. The maximum Gasteiger partial charge on any atom is 0.119 e. The maximum absolute atomic E-state index is 5.83. The van der Waals surface area contributed by atoms with E-state index in [4.69, 9.17) is 9.47 Å². The van der Waals surface area contributed by atoms with E-state index in [-0.39, 0.29) is 0 Å². The molecule has 2 atom stereocenters. The maximum atomic E-state index is 5.83. The molecule has 2 unspecified atom stereocenters. The van der Waals surface area contributed by atoms with Crippen molar-refractivity contribution < 1.29 is 9.47 Å².